The Kier molecular flexibility index (Phi) is 2.00. The molecule has 1 nitrogen and oxygen atoms in total. The smallest absolute Gasteiger partial charge is 0.00976 e. The Bertz CT molecular complexity index is 50.0. The van der Waals surface area contributed by atoms with E-state index in [4.69, 9.17) is 0 Å². The number of hydrogen-bond acceptors (Lipinski definition) is 2. The molecule has 0 spiro atoms. The van der Waals surface area contributed by atoms with E-state index in [-0.39, 0.29) is 0 Å². The predicted molar refractivity (Wildman–Crippen MR) is 34.0 cm³/mol. The first-order chi connectivity index (χ1) is 3.43. The summed E-state index contributed by atoms with van der Waals surface area (Å²) in [5, 5.41) is 0. The molecule has 1 fully saturated rings. The highest BCUT2D eigenvalue weighted by atomic mass is 32.2. The van der Waals surface area contributed by atoms with Gasteiger partial charge in [-0.3, -0.25) is 4.31 Å². The summed E-state index contributed by atoms with van der Waals surface area (Å²) in [7, 11) is 0. The monoisotopic (exact) mass is 116 g/mol. The second-order valence-corrected chi connectivity index (χ2v) is 2.80. The minimum Gasteiger partial charge on any atom is -0.251 e. The summed E-state index contributed by atoms with van der Waals surface area (Å²) in [6, 6.07) is 0. The zero-order valence-electron chi connectivity index (χ0n) is 4.39. The fourth-order valence-electron chi connectivity index (χ4n) is 0.675. The number of rotatable bonds is 1. The zero-order chi connectivity index (χ0) is 5.11. The second kappa shape index (κ2) is 2.58. The highest BCUT2D eigenvalue weighted by Crippen LogP contribution is 2.17. The van der Waals surface area contributed by atoms with Gasteiger partial charge in [-0.05, 0) is 13.3 Å². The van der Waals surface area contributed by atoms with Crippen LogP contribution in [0.5, 0.6) is 0 Å². The second-order valence-electron chi connectivity index (χ2n) is 1.62. The highest BCUT2D eigenvalue weighted by molar-refractivity contribution is 7.97. The van der Waals surface area contributed by atoms with E-state index in [1.807, 2.05) is 11.9 Å². The van der Waals surface area contributed by atoms with Crippen LogP contribution in [0.3, 0.4) is 0 Å². The molecule has 0 aromatic carbocycles. The molecule has 0 N–H and O–H groups in total. The maximum atomic E-state index is 3.77. The maximum Gasteiger partial charge on any atom is 0.00976 e. The van der Waals surface area contributed by atoms with E-state index in [1.54, 1.807) is 0 Å². The van der Waals surface area contributed by atoms with Crippen molar-refractivity contribution in [2.75, 3.05) is 18.8 Å². The van der Waals surface area contributed by atoms with Gasteiger partial charge in [0, 0.05) is 18.8 Å². The molecule has 0 saturated carbocycles. The van der Waals surface area contributed by atoms with Crippen molar-refractivity contribution in [2.45, 2.75) is 6.42 Å². The molecular formula is C5H10NS. The molecule has 41 valence electrons. The van der Waals surface area contributed by atoms with Gasteiger partial charge in [-0.2, -0.15) is 0 Å². The van der Waals surface area contributed by atoms with E-state index in [0.717, 1.165) is 6.54 Å². The first-order valence-electron chi connectivity index (χ1n) is 2.60. The quantitative estimate of drug-likeness (QED) is 0.473. The molecule has 1 aliphatic rings. The summed E-state index contributed by atoms with van der Waals surface area (Å²) in [6.45, 7) is 5.98. The van der Waals surface area contributed by atoms with Crippen LogP contribution in [-0.2, 0) is 0 Å². The van der Waals surface area contributed by atoms with Gasteiger partial charge in [0.1, 0.15) is 0 Å². The van der Waals surface area contributed by atoms with Gasteiger partial charge in [-0.1, -0.05) is 11.9 Å². The van der Waals surface area contributed by atoms with Gasteiger partial charge in [0.2, 0.25) is 0 Å². The summed E-state index contributed by atoms with van der Waals surface area (Å²) in [5.74, 6) is 1.30. The van der Waals surface area contributed by atoms with Gasteiger partial charge in [0.15, 0.2) is 0 Å². The number of hydrogen-bond donors (Lipinski definition) is 0. The van der Waals surface area contributed by atoms with Gasteiger partial charge < -0.3 is 0 Å². The van der Waals surface area contributed by atoms with Gasteiger partial charge in [0.05, 0.1) is 0 Å². The molecule has 1 radical (unpaired) electrons. The van der Waals surface area contributed by atoms with Crippen LogP contribution in [0.25, 0.3) is 0 Å². The largest absolute Gasteiger partial charge is 0.251 e. The predicted octanol–water partition coefficient (Wildman–Crippen LogP) is 1.17. The van der Waals surface area contributed by atoms with Crippen LogP contribution >= 0.6 is 11.9 Å². The van der Waals surface area contributed by atoms with Crippen LogP contribution in [0, 0.1) is 6.92 Å². The highest BCUT2D eigenvalue weighted by Gasteiger charge is 2.08. The first-order valence-corrected chi connectivity index (χ1v) is 3.55. The van der Waals surface area contributed by atoms with Crippen LogP contribution in [0.2, 0.25) is 0 Å². The Morgan fingerprint density at radius 3 is 2.86 bits per heavy atom. The SMILES string of the molecule is [CH2]CN1CCCS1. The molecule has 2 heteroatoms. The van der Waals surface area contributed by atoms with Gasteiger partial charge in [-0.15, -0.1) is 0 Å². The van der Waals surface area contributed by atoms with Crippen molar-refractivity contribution in [3.8, 4) is 0 Å². The molecule has 1 heterocycles. The third-order valence-corrected chi connectivity index (χ3v) is 2.28. The minimum absolute atomic E-state index is 0.963. The average Bonchev–Trinajstić information content (AvgIpc) is 2.14. The lowest BCUT2D eigenvalue weighted by Gasteiger charge is -2.06. The Morgan fingerprint density at radius 1 is 1.71 bits per heavy atom. The summed E-state index contributed by atoms with van der Waals surface area (Å²) < 4.78 is 2.29. The van der Waals surface area contributed by atoms with Crippen molar-refractivity contribution >= 4 is 11.9 Å². The Morgan fingerprint density at radius 2 is 2.57 bits per heavy atom. The van der Waals surface area contributed by atoms with Crippen molar-refractivity contribution in [3.05, 3.63) is 6.92 Å². The molecule has 0 amide bonds. The van der Waals surface area contributed by atoms with Crippen molar-refractivity contribution in [1.29, 1.82) is 0 Å². The van der Waals surface area contributed by atoms with E-state index >= 15 is 0 Å². The summed E-state index contributed by atoms with van der Waals surface area (Å²) in [4.78, 5) is 0. The average molecular weight is 116 g/mol. The molecule has 0 aromatic heterocycles. The summed E-state index contributed by atoms with van der Waals surface area (Å²) >= 11 is 1.91. The van der Waals surface area contributed by atoms with Crippen molar-refractivity contribution < 1.29 is 0 Å². The maximum absolute atomic E-state index is 3.77. The molecule has 0 unspecified atom stereocenters. The molecule has 1 aliphatic heterocycles. The summed E-state index contributed by atoms with van der Waals surface area (Å²) in [6.07, 6.45) is 1.35. The fourth-order valence-corrected chi connectivity index (χ4v) is 1.58. The topological polar surface area (TPSA) is 3.24 Å². The van der Waals surface area contributed by atoms with Crippen LogP contribution in [0.15, 0.2) is 0 Å². The lowest BCUT2D eigenvalue weighted by molar-refractivity contribution is 0.546. The van der Waals surface area contributed by atoms with Crippen molar-refractivity contribution in [1.82, 2.24) is 4.31 Å². The Hall–Kier alpha value is 0.310. The van der Waals surface area contributed by atoms with Crippen LogP contribution in [0.1, 0.15) is 6.42 Å². The third kappa shape index (κ3) is 1.35. The zero-order valence-corrected chi connectivity index (χ0v) is 5.21. The molecule has 0 atom stereocenters. The third-order valence-electron chi connectivity index (χ3n) is 1.08. The van der Waals surface area contributed by atoms with E-state index < -0.39 is 0 Å². The first kappa shape index (κ1) is 5.45. The van der Waals surface area contributed by atoms with E-state index in [9.17, 15) is 0 Å². The van der Waals surface area contributed by atoms with Gasteiger partial charge in [0.25, 0.3) is 0 Å². The van der Waals surface area contributed by atoms with Crippen molar-refractivity contribution in [3.63, 3.8) is 0 Å². The lowest BCUT2D eigenvalue weighted by Crippen LogP contribution is -2.09. The van der Waals surface area contributed by atoms with Gasteiger partial charge in [-0.25, -0.2) is 0 Å². The Labute approximate surface area is 49.2 Å². The molecular weight excluding hydrogens is 106 g/mol. The van der Waals surface area contributed by atoms with E-state index in [1.165, 1.54) is 18.7 Å². The lowest BCUT2D eigenvalue weighted by atomic mass is 10.5. The molecule has 1 saturated heterocycles. The number of nitrogens with zero attached hydrogens (tertiary/aromatic N) is 1. The standard InChI is InChI=1S/C5H10NS/c1-2-6-4-3-5-7-6/h1-5H2. The van der Waals surface area contributed by atoms with E-state index in [0.29, 0.717) is 0 Å². The molecule has 0 aliphatic carbocycles. The van der Waals surface area contributed by atoms with Crippen LogP contribution in [0.4, 0.5) is 0 Å². The van der Waals surface area contributed by atoms with Crippen LogP contribution < -0.4 is 0 Å². The van der Waals surface area contributed by atoms with E-state index in [2.05, 4.69) is 11.2 Å². The minimum atomic E-state index is 0.963. The Balaban J connectivity index is 2.14. The molecule has 0 aromatic rings. The molecule has 7 heavy (non-hydrogen) atoms. The molecule has 0 bridgehead atoms. The van der Waals surface area contributed by atoms with Gasteiger partial charge >= 0.3 is 0 Å². The normalized spacial score (nSPS) is 23.6. The summed E-state index contributed by atoms with van der Waals surface area (Å²) in [5.41, 5.74) is 0. The van der Waals surface area contributed by atoms with Crippen molar-refractivity contribution in [2.24, 2.45) is 0 Å². The fraction of sp³-hybridized carbons (Fsp3) is 0.800. The molecule has 1 rings (SSSR count). The van der Waals surface area contributed by atoms with Crippen LogP contribution in [-0.4, -0.2) is 23.1 Å².